The van der Waals surface area contributed by atoms with Gasteiger partial charge in [0.2, 0.25) is 10.0 Å². The molecule has 1 aliphatic carbocycles. The van der Waals surface area contributed by atoms with Crippen molar-refractivity contribution in [2.75, 3.05) is 13.1 Å². The molecular formula is C12H12BrF2NO3S. The van der Waals surface area contributed by atoms with Gasteiger partial charge in [0.1, 0.15) is 16.5 Å². The van der Waals surface area contributed by atoms with E-state index in [-0.39, 0.29) is 23.5 Å². The van der Waals surface area contributed by atoms with Crippen LogP contribution in [0.2, 0.25) is 0 Å². The molecule has 0 radical (unpaired) electrons. The maximum atomic E-state index is 13.8. The van der Waals surface area contributed by atoms with Crippen molar-refractivity contribution in [2.24, 2.45) is 5.92 Å². The minimum atomic E-state index is -4.07. The van der Waals surface area contributed by atoms with Gasteiger partial charge in [-0.05, 0) is 40.8 Å². The molecule has 1 aliphatic heterocycles. The lowest BCUT2D eigenvalue weighted by atomic mass is 9.91. The Morgan fingerprint density at radius 2 is 1.90 bits per heavy atom. The first-order valence-corrected chi connectivity index (χ1v) is 8.34. The molecule has 1 aromatic carbocycles. The zero-order valence-corrected chi connectivity index (χ0v) is 12.7. The lowest BCUT2D eigenvalue weighted by Gasteiger charge is -2.45. The summed E-state index contributed by atoms with van der Waals surface area (Å²) in [6.45, 7) is -0.0769. The second-order valence-electron chi connectivity index (χ2n) is 5.35. The maximum Gasteiger partial charge on any atom is 0.247 e. The molecule has 1 saturated heterocycles. The number of β-amino-alcohol motifs (C(OH)–C–C–N with tert-alkyl or cyclic N) is 1. The molecule has 1 N–H and O–H groups in total. The lowest BCUT2D eigenvalue weighted by Crippen LogP contribution is -2.64. The molecule has 1 aromatic rings. The maximum absolute atomic E-state index is 13.8. The number of rotatable bonds is 3. The van der Waals surface area contributed by atoms with E-state index in [1.807, 2.05) is 0 Å². The number of aliphatic hydroxyl groups is 1. The molecule has 1 saturated carbocycles. The zero-order valence-electron chi connectivity index (χ0n) is 10.3. The van der Waals surface area contributed by atoms with Crippen LogP contribution in [-0.2, 0) is 10.0 Å². The van der Waals surface area contributed by atoms with Gasteiger partial charge in [0.25, 0.3) is 0 Å². The molecule has 4 nitrogen and oxygen atoms in total. The molecule has 0 atom stereocenters. The molecule has 0 aromatic heterocycles. The topological polar surface area (TPSA) is 57.6 Å². The van der Waals surface area contributed by atoms with Gasteiger partial charge in [-0.25, -0.2) is 17.2 Å². The van der Waals surface area contributed by atoms with E-state index in [9.17, 15) is 22.3 Å². The molecule has 0 amide bonds. The van der Waals surface area contributed by atoms with Crippen LogP contribution in [-0.4, -0.2) is 36.5 Å². The van der Waals surface area contributed by atoms with Crippen molar-refractivity contribution in [2.45, 2.75) is 23.3 Å². The van der Waals surface area contributed by atoms with E-state index in [0.717, 1.165) is 23.2 Å². The highest BCUT2D eigenvalue weighted by Gasteiger charge is 2.55. The van der Waals surface area contributed by atoms with E-state index in [4.69, 9.17) is 0 Å². The Balaban J connectivity index is 1.90. The lowest BCUT2D eigenvalue weighted by molar-refractivity contribution is -0.0765. The van der Waals surface area contributed by atoms with E-state index in [0.29, 0.717) is 6.07 Å². The summed E-state index contributed by atoms with van der Waals surface area (Å²) in [6.07, 6.45) is 1.78. The molecule has 110 valence electrons. The fraction of sp³-hybridized carbons (Fsp3) is 0.500. The van der Waals surface area contributed by atoms with E-state index < -0.39 is 32.2 Å². The van der Waals surface area contributed by atoms with E-state index in [1.165, 1.54) is 0 Å². The standard InChI is InChI=1S/C12H12BrF2NO3S/c13-9-3-8(14)4-10(15)11(9)20(18,19)16-5-12(17,6-16)7-1-2-7/h3-4,7,17H,1-2,5-6H2. The number of hydrogen-bond acceptors (Lipinski definition) is 3. The summed E-state index contributed by atoms with van der Waals surface area (Å²) in [7, 11) is -4.07. The van der Waals surface area contributed by atoms with Crippen LogP contribution < -0.4 is 0 Å². The van der Waals surface area contributed by atoms with E-state index >= 15 is 0 Å². The Morgan fingerprint density at radius 1 is 1.30 bits per heavy atom. The van der Waals surface area contributed by atoms with Crippen LogP contribution in [0.3, 0.4) is 0 Å². The minimum Gasteiger partial charge on any atom is -0.387 e. The summed E-state index contributed by atoms with van der Waals surface area (Å²) in [6, 6.07) is 1.44. The summed E-state index contributed by atoms with van der Waals surface area (Å²) in [5.74, 6) is -1.86. The Morgan fingerprint density at radius 3 is 2.40 bits per heavy atom. The summed E-state index contributed by atoms with van der Waals surface area (Å²) in [5.41, 5.74) is -0.990. The molecule has 1 heterocycles. The highest BCUT2D eigenvalue weighted by molar-refractivity contribution is 9.10. The van der Waals surface area contributed by atoms with Gasteiger partial charge < -0.3 is 5.11 Å². The summed E-state index contributed by atoms with van der Waals surface area (Å²) < 4.78 is 52.3. The molecule has 0 unspecified atom stereocenters. The van der Waals surface area contributed by atoms with Gasteiger partial charge in [-0.15, -0.1) is 0 Å². The highest BCUT2D eigenvalue weighted by Crippen LogP contribution is 2.46. The van der Waals surface area contributed by atoms with Crippen molar-refractivity contribution < 1.29 is 22.3 Å². The first kappa shape index (κ1) is 14.4. The average molecular weight is 368 g/mol. The molecule has 8 heteroatoms. The Kier molecular flexibility index (Phi) is 3.20. The average Bonchev–Trinajstić information content (AvgIpc) is 3.06. The van der Waals surface area contributed by atoms with Crippen LogP contribution in [0.5, 0.6) is 0 Å². The molecule has 2 fully saturated rings. The Bertz CT molecular complexity index is 646. The third-order valence-corrected chi connectivity index (χ3v) is 6.56. The predicted molar refractivity (Wildman–Crippen MR) is 70.5 cm³/mol. The number of nitrogens with zero attached hydrogens (tertiary/aromatic N) is 1. The zero-order chi connectivity index (χ0) is 14.7. The fourth-order valence-corrected chi connectivity index (χ4v) is 5.20. The van der Waals surface area contributed by atoms with Crippen molar-refractivity contribution in [3.8, 4) is 0 Å². The van der Waals surface area contributed by atoms with Crippen LogP contribution in [0, 0.1) is 17.6 Å². The van der Waals surface area contributed by atoms with Gasteiger partial charge in [-0.2, -0.15) is 4.31 Å². The van der Waals surface area contributed by atoms with Crippen molar-refractivity contribution in [1.29, 1.82) is 0 Å². The third-order valence-electron chi connectivity index (χ3n) is 3.80. The van der Waals surface area contributed by atoms with Crippen LogP contribution in [0.25, 0.3) is 0 Å². The van der Waals surface area contributed by atoms with Crippen molar-refractivity contribution in [3.05, 3.63) is 28.2 Å². The monoisotopic (exact) mass is 367 g/mol. The SMILES string of the molecule is O=S(=O)(c1c(F)cc(F)cc1Br)N1CC(O)(C2CC2)C1. The minimum absolute atomic E-state index is 0.0384. The number of sulfonamides is 1. The second-order valence-corrected chi connectivity index (χ2v) is 8.08. The largest absolute Gasteiger partial charge is 0.387 e. The summed E-state index contributed by atoms with van der Waals surface area (Å²) in [4.78, 5) is -0.586. The molecule has 3 rings (SSSR count). The van der Waals surface area contributed by atoms with Gasteiger partial charge in [0.05, 0.1) is 5.60 Å². The first-order chi connectivity index (χ1) is 9.24. The van der Waals surface area contributed by atoms with Gasteiger partial charge in [0.15, 0.2) is 0 Å². The smallest absolute Gasteiger partial charge is 0.247 e. The number of halogens is 3. The van der Waals surface area contributed by atoms with Crippen LogP contribution in [0.1, 0.15) is 12.8 Å². The van der Waals surface area contributed by atoms with E-state index in [2.05, 4.69) is 15.9 Å². The van der Waals surface area contributed by atoms with Gasteiger partial charge in [0, 0.05) is 23.6 Å². The molecule has 2 aliphatic rings. The number of benzene rings is 1. The van der Waals surface area contributed by atoms with Crippen LogP contribution in [0.15, 0.2) is 21.5 Å². The first-order valence-electron chi connectivity index (χ1n) is 6.11. The molecule has 0 spiro atoms. The van der Waals surface area contributed by atoms with Crippen LogP contribution in [0.4, 0.5) is 8.78 Å². The Labute approximate surface area is 123 Å². The van der Waals surface area contributed by atoms with E-state index in [1.54, 1.807) is 0 Å². The highest BCUT2D eigenvalue weighted by atomic mass is 79.9. The van der Waals surface area contributed by atoms with Crippen molar-refractivity contribution in [3.63, 3.8) is 0 Å². The predicted octanol–water partition coefficient (Wildman–Crippen LogP) is 1.87. The number of hydrogen-bond donors (Lipinski definition) is 1. The van der Waals surface area contributed by atoms with Crippen molar-refractivity contribution >= 4 is 26.0 Å². The second kappa shape index (κ2) is 4.46. The molecular weight excluding hydrogens is 356 g/mol. The quantitative estimate of drug-likeness (QED) is 0.887. The van der Waals surface area contributed by atoms with Gasteiger partial charge >= 0.3 is 0 Å². The van der Waals surface area contributed by atoms with Gasteiger partial charge in [-0.1, -0.05) is 0 Å². The fourth-order valence-electron chi connectivity index (χ4n) is 2.52. The normalized spacial score (nSPS) is 22.6. The summed E-state index contributed by atoms with van der Waals surface area (Å²) >= 11 is 2.88. The van der Waals surface area contributed by atoms with Crippen molar-refractivity contribution in [1.82, 2.24) is 4.31 Å². The molecule has 20 heavy (non-hydrogen) atoms. The third kappa shape index (κ3) is 2.18. The van der Waals surface area contributed by atoms with Crippen LogP contribution >= 0.6 is 15.9 Å². The molecule has 0 bridgehead atoms. The van der Waals surface area contributed by atoms with Gasteiger partial charge in [-0.3, -0.25) is 0 Å². The Hall–Kier alpha value is -0.570. The summed E-state index contributed by atoms with van der Waals surface area (Å²) in [5, 5.41) is 10.1.